The first-order valence-corrected chi connectivity index (χ1v) is 10.7. The monoisotopic (exact) mass is 376 g/mol. The van der Waals surface area contributed by atoms with Crippen LogP contribution in [0.4, 0.5) is 0 Å². The van der Waals surface area contributed by atoms with E-state index in [1.807, 2.05) is 0 Å². The zero-order valence-electron chi connectivity index (χ0n) is 15.1. The fraction of sp³-hybridized carbons (Fsp3) is 0.474. The molecule has 26 heavy (non-hydrogen) atoms. The van der Waals surface area contributed by atoms with E-state index >= 15 is 0 Å². The first kappa shape index (κ1) is 18.6. The van der Waals surface area contributed by atoms with Crippen molar-refractivity contribution in [1.29, 1.82) is 0 Å². The van der Waals surface area contributed by atoms with Gasteiger partial charge in [0, 0.05) is 29.6 Å². The zero-order valence-corrected chi connectivity index (χ0v) is 15.9. The number of hydrogen-bond acceptors (Lipinski definition) is 4. The summed E-state index contributed by atoms with van der Waals surface area (Å²) < 4.78 is 24.8. The molecule has 3 rings (SSSR count). The minimum Gasteiger partial charge on any atom is -0.348 e. The van der Waals surface area contributed by atoms with E-state index in [0.717, 1.165) is 6.42 Å². The Hall–Kier alpha value is -2.15. The third-order valence-corrected chi connectivity index (χ3v) is 6.52. The summed E-state index contributed by atoms with van der Waals surface area (Å²) in [5.74, 6) is 0.187. The number of benzene rings is 1. The largest absolute Gasteiger partial charge is 0.348 e. The molecule has 140 valence electrons. The van der Waals surface area contributed by atoms with Crippen LogP contribution in [0.1, 0.15) is 37.0 Å². The number of nitrogens with one attached hydrogen (secondary N) is 1. The number of rotatable bonds is 5. The molecule has 1 saturated heterocycles. The third kappa shape index (κ3) is 3.98. The van der Waals surface area contributed by atoms with Crippen molar-refractivity contribution in [2.24, 2.45) is 5.92 Å². The van der Waals surface area contributed by atoms with Crippen LogP contribution in [-0.2, 0) is 16.4 Å². The molecular weight excluding hydrogens is 352 g/mol. The lowest BCUT2D eigenvalue weighted by molar-refractivity contribution is 0.0942. The van der Waals surface area contributed by atoms with Crippen molar-refractivity contribution >= 4 is 26.5 Å². The van der Waals surface area contributed by atoms with E-state index in [1.165, 1.54) is 0 Å². The molecule has 1 aliphatic rings. The molecule has 0 unspecified atom stereocenters. The summed E-state index contributed by atoms with van der Waals surface area (Å²) in [5, 5.41) is 3.92. The van der Waals surface area contributed by atoms with Gasteiger partial charge < -0.3 is 9.88 Å². The van der Waals surface area contributed by atoms with Crippen molar-refractivity contribution in [3.63, 3.8) is 0 Å². The molecule has 7 heteroatoms. The number of carbonyl (C=O) groups excluding carboxylic acids is 1. The molecule has 0 aliphatic carbocycles. The van der Waals surface area contributed by atoms with Crippen LogP contribution in [0.15, 0.2) is 35.3 Å². The summed E-state index contributed by atoms with van der Waals surface area (Å²) in [4.78, 5) is 25.5. The highest BCUT2D eigenvalue weighted by atomic mass is 32.2. The number of sulfone groups is 1. The Morgan fingerprint density at radius 3 is 2.58 bits per heavy atom. The van der Waals surface area contributed by atoms with Gasteiger partial charge in [0.05, 0.1) is 17.1 Å². The average Bonchev–Trinajstić information content (AvgIpc) is 2.92. The van der Waals surface area contributed by atoms with Gasteiger partial charge in [-0.3, -0.25) is 9.59 Å². The molecule has 1 fully saturated rings. The SMILES string of the molecule is CC(C)CCn1cc(C(=O)N[C@H]2CCS(=O)(=O)C2)c2ccccc2c1=O. The van der Waals surface area contributed by atoms with Crippen LogP contribution in [0.2, 0.25) is 0 Å². The molecule has 1 aromatic heterocycles. The van der Waals surface area contributed by atoms with E-state index in [1.54, 1.807) is 35.0 Å². The van der Waals surface area contributed by atoms with Crippen molar-refractivity contribution in [3.05, 3.63) is 46.4 Å². The van der Waals surface area contributed by atoms with E-state index < -0.39 is 9.84 Å². The Morgan fingerprint density at radius 1 is 1.27 bits per heavy atom. The molecule has 1 aromatic carbocycles. The van der Waals surface area contributed by atoms with Crippen LogP contribution < -0.4 is 10.9 Å². The Kier molecular flexibility index (Phi) is 5.18. The maximum atomic E-state index is 12.8. The lowest BCUT2D eigenvalue weighted by Crippen LogP contribution is -2.36. The van der Waals surface area contributed by atoms with Gasteiger partial charge in [-0.05, 0) is 24.8 Å². The Balaban J connectivity index is 1.97. The highest BCUT2D eigenvalue weighted by Crippen LogP contribution is 2.18. The smallest absolute Gasteiger partial charge is 0.258 e. The van der Waals surface area contributed by atoms with Crippen LogP contribution in [0.3, 0.4) is 0 Å². The number of fused-ring (bicyclic) bond motifs is 1. The summed E-state index contributed by atoms with van der Waals surface area (Å²) >= 11 is 0. The molecule has 2 aromatic rings. The first-order chi connectivity index (χ1) is 12.3. The van der Waals surface area contributed by atoms with Gasteiger partial charge in [-0.15, -0.1) is 0 Å². The standard InChI is InChI=1S/C19H24N2O4S/c1-13(2)7-9-21-11-17(15-5-3-4-6-16(15)19(21)23)18(22)20-14-8-10-26(24,25)12-14/h3-6,11,13-14H,7-10,12H2,1-2H3,(H,20,22)/t14-/m0/s1. The van der Waals surface area contributed by atoms with Crippen molar-refractivity contribution < 1.29 is 13.2 Å². The van der Waals surface area contributed by atoms with Crippen LogP contribution in [0.5, 0.6) is 0 Å². The number of pyridine rings is 1. The summed E-state index contributed by atoms with van der Waals surface area (Å²) in [6, 6.07) is 6.67. The summed E-state index contributed by atoms with van der Waals surface area (Å²) in [6.07, 6.45) is 2.87. The van der Waals surface area contributed by atoms with Gasteiger partial charge in [0.2, 0.25) is 0 Å². The van der Waals surface area contributed by atoms with Gasteiger partial charge in [-0.25, -0.2) is 8.42 Å². The van der Waals surface area contributed by atoms with Crippen molar-refractivity contribution in [1.82, 2.24) is 9.88 Å². The number of aromatic nitrogens is 1. The lowest BCUT2D eigenvalue weighted by Gasteiger charge is -2.15. The van der Waals surface area contributed by atoms with E-state index in [-0.39, 0.29) is 29.0 Å². The van der Waals surface area contributed by atoms with E-state index in [9.17, 15) is 18.0 Å². The number of nitrogens with zero attached hydrogens (tertiary/aromatic N) is 1. The van der Waals surface area contributed by atoms with E-state index in [4.69, 9.17) is 0 Å². The number of amides is 1. The maximum absolute atomic E-state index is 12.8. The molecule has 6 nitrogen and oxygen atoms in total. The molecule has 1 atom stereocenters. The molecule has 2 heterocycles. The molecule has 1 aliphatic heterocycles. The van der Waals surface area contributed by atoms with Gasteiger partial charge in [-0.2, -0.15) is 0 Å². The van der Waals surface area contributed by atoms with Gasteiger partial charge in [-0.1, -0.05) is 32.0 Å². The van der Waals surface area contributed by atoms with E-state index in [2.05, 4.69) is 19.2 Å². The quantitative estimate of drug-likeness (QED) is 0.864. The molecule has 0 saturated carbocycles. The molecule has 1 amide bonds. The minimum atomic E-state index is -3.07. The fourth-order valence-electron chi connectivity index (χ4n) is 3.26. The van der Waals surface area contributed by atoms with Gasteiger partial charge in [0.15, 0.2) is 9.84 Å². The molecule has 0 radical (unpaired) electrons. The fourth-order valence-corrected chi connectivity index (χ4v) is 4.93. The summed E-state index contributed by atoms with van der Waals surface area (Å²) in [5.41, 5.74) is 0.300. The predicted octanol–water partition coefficient (Wildman–Crippen LogP) is 1.96. The molecule has 0 bridgehead atoms. The van der Waals surface area contributed by atoms with Crippen LogP contribution in [-0.4, -0.2) is 36.4 Å². The first-order valence-electron chi connectivity index (χ1n) is 8.90. The second-order valence-corrected chi connectivity index (χ2v) is 9.57. The predicted molar refractivity (Wildman–Crippen MR) is 102 cm³/mol. The number of aryl methyl sites for hydroxylation is 1. The summed E-state index contributed by atoms with van der Waals surface area (Å²) in [6.45, 7) is 4.71. The normalized spacial score (nSPS) is 19.1. The zero-order chi connectivity index (χ0) is 18.9. The molecule has 0 spiro atoms. The molecular formula is C19H24N2O4S. The number of hydrogen-bond donors (Lipinski definition) is 1. The highest BCUT2D eigenvalue weighted by molar-refractivity contribution is 7.91. The Labute approximate surface area is 153 Å². The van der Waals surface area contributed by atoms with E-state index in [0.29, 0.717) is 35.2 Å². The third-order valence-electron chi connectivity index (χ3n) is 4.75. The Morgan fingerprint density at radius 2 is 1.96 bits per heavy atom. The highest BCUT2D eigenvalue weighted by Gasteiger charge is 2.29. The average molecular weight is 376 g/mol. The molecule has 1 N–H and O–H groups in total. The van der Waals surface area contributed by atoms with Crippen LogP contribution in [0, 0.1) is 5.92 Å². The topological polar surface area (TPSA) is 85.2 Å². The Bertz CT molecular complexity index is 992. The minimum absolute atomic E-state index is 0.0241. The lowest BCUT2D eigenvalue weighted by atomic mass is 10.1. The van der Waals surface area contributed by atoms with Crippen molar-refractivity contribution in [2.45, 2.75) is 39.3 Å². The number of carbonyl (C=O) groups is 1. The van der Waals surface area contributed by atoms with Crippen molar-refractivity contribution in [2.75, 3.05) is 11.5 Å². The van der Waals surface area contributed by atoms with Gasteiger partial charge >= 0.3 is 0 Å². The second-order valence-electron chi connectivity index (χ2n) is 7.34. The van der Waals surface area contributed by atoms with Crippen LogP contribution >= 0.6 is 0 Å². The van der Waals surface area contributed by atoms with Gasteiger partial charge in [0.1, 0.15) is 0 Å². The maximum Gasteiger partial charge on any atom is 0.258 e. The van der Waals surface area contributed by atoms with Crippen molar-refractivity contribution in [3.8, 4) is 0 Å². The van der Waals surface area contributed by atoms with Crippen LogP contribution in [0.25, 0.3) is 10.8 Å². The second kappa shape index (κ2) is 7.23. The summed E-state index contributed by atoms with van der Waals surface area (Å²) in [7, 11) is -3.07. The van der Waals surface area contributed by atoms with Gasteiger partial charge in [0.25, 0.3) is 11.5 Å².